The van der Waals surface area contributed by atoms with Gasteiger partial charge in [0.2, 0.25) is 0 Å². The Morgan fingerprint density at radius 1 is 0.933 bits per heavy atom. The van der Waals surface area contributed by atoms with Gasteiger partial charge in [0, 0.05) is 32.3 Å². The zero-order valence-corrected chi connectivity index (χ0v) is 14.1. The van der Waals surface area contributed by atoms with E-state index in [1.165, 1.54) is 0 Å². The molecule has 4 nitrogen and oxygen atoms in total. The topological polar surface area (TPSA) is 103 Å². The third-order valence-electron chi connectivity index (χ3n) is 1.97. The van der Waals surface area contributed by atoms with Crippen molar-refractivity contribution < 1.29 is 47.1 Å². The largest absolute Gasteiger partial charge is 0.432 e. The van der Waals surface area contributed by atoms with Gasteiger partial charge in [0.15, 0.2) is 8.32 Å². The molecule has 0 rings (SSSR count). The van der Waals surface area contributed by atoms with Gasteiger partial charge in [-0.05, 0) is 32.0 Å². The molecule has 0 unspecified atom stereocenters. The van der Waals surface area contributed by atoms with Gasteiger partial charge in [0.25, 0.3) is 0 Å². The van der Waals surface area contributed by atoms with E-state index in [9.17, 15) is 4.80 Å². The maximum atomic E-state index is 9.58. The fourth-order valence-corrected chi connectivity index (χ4v) is 2.25. The SMILES string of the molecule is CC(C)O.CC[Si](O)(CC)CC.O.O.[Zr]. The molecule has 0 spiro atoms. The molecule has 0 aromatic rings. The van der Waals surface area contributed by atoms with E-state index in [1.807, 2.05) is 0 Å². The van der Waals surface area contributed by atoms with Crippen LogP contribution in [0.2, 0.25) is 18.1 Å². The van der Waals surface area contributed by atoms with Crippen LogP contribution in [0.25, 0.3) is 0 Å². The Morgan fingerprint density at radius 3 is 1.07 bits per heavy atom. The summed E-state index contributed by atoms with van der Waals surface area (Å²) in [6.07, 6.45) is -0.167. The standard InChI is InChI=1S/C6H16OSi.C3H8O.2H2O.Zr/c1-4-8(7,5-2)6-3;1-3(2)4;;;/h7H,4-6H2,1-3H3;3-4H,1-2H3;2*1H2;. The average Bonchev–Trinajstić information content (AvgIpc) is 2.02. The van der Waals surface area contributed by atoms with Gasteiger partial charge in [-0.3, -0.25) is 0 Å². The van der Waals surface area contributed by atoms with E-state index in [-0.39, 0.29) is 43.3 Å². The third kappa shape index (κ3) is 25.3. The molecule has 0 radical (unpaired) electrons. The van der Waals surface area contributed by atoms with Gasteiger partial charge in [-0.25, -0.2) is 0 Å². The normalized spacial score (nSPS) is 8.80. The Morgan fingerprint density at radius 2 is 1.07 bits per heavy atom. The molecule has 0 aliphatic rings. The molecule has 6 heteroatoms. The monoisotopic (exact) mass is 318 g/mol. The first-order chi connectivity index (χ1) is 5.41. The van der Waals surface area contributed by atoms with Crippen molar-refractivity contribution in [3.63, 3.8) is 0 Å². The van der Waals surface area contributed by atoms with Crippen molar-refractivity contribution in [2.45, 2.75) is 58.9 Å². The fourth-order valence-electron chi connectivity index (χ4n) is 0.750. The number of aliphatic hydroxyl groups excluding tert-OH is 1. The summed E-state index contributed by atoms with van der Waals surface area (Å²) in [5.41, 5.74) is 0. The summed E-state index contributed by atoms with van der Waals surface area (Å²) >= 11 is 0. The molecule has 0 fully saturated rings. The molecule has 0 heterocycles. The van der Waals surface area contributed by atoms with Crippen LogP contribution in [-0.2, 0) is 26.2 Å². The van der Waals surface area contributed by atoms with E-state index in [1.54, 1.807) is 13.8 Å². The Labute approximate surface area is 114 Å². The van der Waals surface area contributed by atoms with Crippen LogP contribution in [0.5, 0.6) is 0 Å². The summed E-state index contributed by atoms with van der Waals surface area (Å²) in [5.74, 6) is 0. The molecule has 0 bridgehead atoms. The second-order valence-corrected chi connectivity index (χ2v) is 7.95. The van der Waals surface area contributed by atoms with E-state index in [0.29, 0.717) is 0 Å². The molecule has 0 aromatic carbocycles. The van der Waals surface area contributed by atoms with Crippen molar-refractivity contribution >= 4 is 8.32 Å². The van der Waals surface area contributed by atoms with Crippen LogP contribution in [0.15, 0.2) is 0 Å². The second-order valence-electron chi connectivity index (χ2n) is 3.38. The van der Waals surface area contributed by atoms with Gasteiger partial charge in [0.05, 0.1) is 0 Å². The predicted molar refractivity (Wildman–Crippen MR) is 64.0 cm³/mol. The van der Waals surface area contributed by atoms with E-state index < -0.39 is 8.32 Å². The van der Waals surface area contributed by atoms with Crippen molar-refractivity contribution in [3.8, 4) is 0 Å². The third-order valence-corrected chi connectivity index (χ3v) is 5.92. The predicted octanol–water partition coefficient (Wildman–Crippen LogP) is 0.719. The van der Waals surface area contributed by atoms with Gasteiger partial charge >= 0.3 is 0 Å². The molecular weight excluding hydrogens is 291 g/mol. The minimum Gasteiger partial charge on any atom is -0.432 e. The van der Waals surface area contributed by atoms with Gasteiger partial charge in [0.1, 0.15) is 0 Å². The molecule has 0 aromatic heterocycles. The van der Waals surface area contributed by atoms with E-state index in [0.717, 1.165) is 18.1 Å². The zero-order valence-electron chi connectivity index (χ0n) is 10.6. The van der Waals surface area contributed by atoms with Crippen molar-refractivity contribution in [3.05, 3.63) is 0 Å². The van der Waals surface area contributed by atoms with E-state index in [2.05, 4.69) is 20.8 Å². The molecule has 0 aliphatic heterocycles. The van der Waals surface area contributed by atoms with Gasteiger partial charge in [-0.15, -0.1) is 0 Å². The second kappa shape index (κ2) is 17.3. The fraction of sp³-hybridized carbons (Fsp3) is 1.00. The number of hydrogen-bond acceptors (Lipinski definition) is 2. The van der Waals surface area contributed by atoms with Crippen molar-refractivity contribution in [2.24, 2.45) is 0 Å². The smallest absolute Gasteiger partial charge is 0.187 e. The van der Waals surface area contributed by atoms with Crippen LogP contribution in [0.3, 0.4) is 0 Å². The average molecular weight is 320 g/mol. The minimum atomic E-state index is -1.67. The zero-order chi connectivity index (χ0) is 10.2. The Kier molecular flexibility index (Phi) is 34.4. The Hall–Kier alpha value is 0.940. The maximum absolute atomic E-state index is 9.58. The number of rotatable bonds is 3. The molecule has 6 N–H and O–H groups in total. The first kappa shape index (κ1) is 29.7. The first-order valence-corrected chi connectivity index (χ1v) is 7.39. The van der Waals surface area contributed by atoms with Gasteiger partial charge < -0.3 is 20.9 Å². The summed E-state index contributed by atoms with van der Waals surface area (Å²) in [6, 6.07) is 3.04. The first-order valence-electron chi connectivity index (χ1n) is 4.82. The van der Waals surface area contributed by atoms with Crippen LogP contribution >= 0.6 is 0 Å². The molecule has 0 amide bonds. The Balaban J connectivity index is -0.0000000424. The molecule has 0 atom stereocenters. The molecule has 0 saturated heterocycles. The van der Waals surface area contributed by atoms with Gasteiger partial charge in [-0.1, -0.05) is 20.8 Å². The van der Waals surface area contributed by atoms with Crippen LogP contribution in [-0.4, -0.2) is 35.3 Å². The summed E-state index contributed by atoms with van der Waals surface area (Å²) < 4.78 is 0. The summed E-state index contributed by atoms with van der Waals surface area (Å²) in [6.45, 7) is 9.69. The van der Waals surface area contributed by atoms with Crippen LogP contribution in [0, 0.1) is 0 Å². The molecule has 15 heavy (non-hydrogen) atoms. The summed E-state index contributed by atoms with van der Waals surface area (Å²) in [4.78, 5) is 9.58. The van der Waals surface area contributed by atoms with E-state index in [4.69, 9.17) is 5.11 Å². The van der Waals surface area contributed by atoms with Crippen molar-refractivity contribution in [1.29, 1.82) is 0 Å². The molecule has 0 aliphatic carbocycles. The summed E-state index contributed by atoms with van der Waals surface area (Å²) in [5, 5.41) is 8.06. The van der Waals surface area contributed by atoms with Crippen molar-refractivity contribution in [1.82, 2.24) is 0 Å². The van der Waals surface area contributed by atoms with Crippen molar-refractivity contribution in [2.75, 3.05) is 0 Å². The number of hydrogen-bond donors (Lipinski definition) is 2. The van der Waals surface area contributed by atoms with Crippen LogP contribution in [0.4, 0.5) is 0 Å². The maximum Gasteiger partial charge on any atom is 0.187 e. The van der Waals surface area contributed by atoms with Crippen LogP contribution < -0.4 is 0 Å². The van der Waals surface area contributed by atoms with E-state index >= 15 is 0 Å². The number of aliphatic hydroxyl groups is 1. The quantitative estimate of drug-likeness (QED) is 0.748. The van der Waals surface area contributed by atoms with Gasteiger partial charge in [-0.2, -0.15) is 0 Å². The Bertz CT molecular complexity index is 89.1. The molecule has 0 saturated carbocycles. The summed E-state index contributed by atoms with van der Waals surface area (Å²) in [7, 11) is -1.67. The molecular formula is C9H28O4SiZr. The molecule has 96 valence electrons. The van der Waals surface area contributed by atoms with Crippen LogP contribution in [0.1, 0.15) is 34.6 Å². The minimum absolute atomic E-state index is 0.